The van der Waals surface area contributed by atoms with Gasteiger partial charge < -0.3 is 0 Å². The van der Waals surface area contributed by atoms with Crippen LogP contribution in [0.5, 0.6) is 0 Å². The summed E-state index contributed by atoms with van der Waals surface area (Å²) >= 11 is 12.3. The summed E-state index contributed by atoms with van der Waals surface area (Å²) in [5.41, 5.74) is 2.30. The molecule has 0 saturated carbocycles. The quantitative estimate of drug-likeness (QED) is 0.606. The molecule has 0 N–H and O–H groups in total. The number of benzene rings is 2. The molecular weight excluding hydrogens is 215 g/mol. The minimum Gasteiger partial charge on any atom is -0.0837 e. The van der Waals surface area contributed by atoms with Crippen molar-refractivity contribution in [2.24, 2.45) is 0 Å². The lowest BCUT2D eigenvalue weighted by atomic mass is 10.0. The van der Waals surface area contributed by atoms with Crippen molar-refractivity contribution in [3.63, 3.8) is 0 Å². The van der Waals surface area contributed by atoms with Gasteiger partial charge in [0.25, 0.3) is 0 Å². The van der Waals surface area contributed by atoms with Gasteiger partial charge in [-0.05, 0) is 37.1 Å². The van der Waals surface area contributed by atoms with E-state index < -0.39 is 0 Å². The Morgan fingerprint density at radius 2 is 1.71 bits per heavy atom. The maximum Gasteiger partial charge on any atom is 0.0516 e. The van der Waals surface area contributed by atoms with E-state index in [4.69, 9.17) is 23.2 Å². The fourth-order valence-electron chi connectivity index (χ4n) is 1.57. The van der Waals surface area contributed by atoms with Gasteiger partial charge in [-0.25, -0.2) is 0 Å². The Hall–Kier alpha value is -0.720. The van der Waals surface area contributed by atoms with Gasteiger partial charge in [-0.3, -0.25) is 0 Å². The minimum absolute atomic E-state index is 0.757. The Kier molecular flexibility index (Phi) is 2.42. The lowest BCUT2D eigenvalue weighted by Gasteiger charge is -2.08. The first-order chi connectivity index (χ1) is 6.61. The topological polar surface area (TPSA) is 0 Å². The summed E-state index contributed by atoms with van der Waals surface area (Å²) in [6, 6.07) is 7.88. The highest BCUT2D eigenvalue weighted by Crippen LogP contribution is 2.33. The molecule has 0 unspecified atom stereocenters. The van der Waals surface area contributed by atoms with E-state index >= 15 is 0 Å². The first-order valence-corrected chi connectivity index (χ1v) is 5.21. The first kappa shape index (κ1) is 9.82. The Morgan fingerprint density at radius 3 is 2.43 bits per heavy atom. The number of rotatable bonds is 0. The molecule has 0 fully saturated rings. The molecule has 2 rings (SSSR count). The highest BCUT2D eigenvalue weighted by atomic mass is 35.5. The SMILES string of the molecule is Cc1cc2c(Cl)cccc2c(Cl)c1C. The summed E-state index contributed by atoms with van der Waals surface area (Å²) in [4.78, 5) is 0. The molecule has 0 spiro atoms. The van der Waals surface area contributed by atoms with E-state index in [0.717, 1.165) is 26.4 Å². The predicted molar refractivity (Wildman–Crippen MR) is 63.4 cm³/mol. The van der Waals surface area contributed by atoms with Crippen molar-refractivity contribution in [3.8, 4) is 0 Å². The monoisotopic (exact) mass is 224 g/mol. The fraction of sp³-hybridized carbons (Fsp3) is 0.167. The van der Waals surface area contributed by atoms with Crippen molar-refractivity contribution >= 4 is 34.0 Å². The lowest BCUT2D eigenvalue weighted by molar-refractivity contribution is 1.36. The number of hydrogen-bond acceptors (Lipinski definition) is 0. The Bertz CT molecular complexity index is 501. The van der Waals surface area contributed by atoms with Gasteiger partial charge in [0.05, 0.1) is 5.02 Å². The molecule has 0 bridgehead atoms. The molecule has 0 atom stereocenters. The van der Waals surface area contributed by atoms with Crippen molar-refractivity contribution in [1.82, 2.24) is 0 Å². The highest BCUT2D eigenvalue weighted by Gasteiger charge is 2.07. The van der Waals surface area contributed by atoms with Crippen LogP contribution in [0.3, 0.4) is 0 Å². The number of aryl methyl sites for hydroxylation is 1. The molecule has 0 aliphatic rings. The number of fused-ring (bicyclic) bond motifs is 1. The molecule has 2 heteroatoms. The second-order valence-corrected chi connectivity index (χ2v) is 4.25. The summed E-state index contributed by atoms with van der Waals surface area (Å²) in [6.07, 6.45) is 0. The van der Waals surface area contributed by atoms with Crippen LogP contribution in [0, 0.1) is 13.8 Å². The summed E-state index contributed by atoms with van der Waals surface area (Å²) in [5, 5.41) is 3.62. The average molecular weight is 225 g/mol. The Morgan fingerprint density at radius 1 is 1.00 bits per heavy atom. The van der Waals surface area contributed by atoms with Crippen LogP contribution in [-0.2, 0) is 0 Å². The van der Waals surface area contributed by atoms with E-state index in [1.807, 2.05) is 32.0 Å². The molecule has 0 radical (unpaired) electrons. The molecular formula is C12H10Cl2. The number of halogens is 2. The van der Waals surface area contributed by atoms with E-state index in [1.165, 1.54) is 5.56 Å². The van der Waals surface area contributed by atoms with Gasteiger partial charge in [0, 0.05) is 15.8 Å². The molecule has 2 aromatic carbocycles. The van der Waals surface area contributed by atoms with E-state index in [0.29, 0.717) is 0 Å². The van der Waals surface area contributed by atoms with E-state index in [9.17, 15) is 0 Å². The van der Waals surface area contributed by atoms with Crippen LogP contribution >= 0.6 is 23.2 Å². The molecule has 72 valence electrons. The standard InChI is InChI=1S/C12H10Cl2/c1-7-6-10-9(12(14)8(7)2)4-3-5-11(10)13/h3-6H,1-2H3. The maximum atomic E-state index is 6.24. The van der Waals surface area contributed by atoms with Crippen molar-refractivity contribution in [2.45, 2.75) is 13.8 Å². The smallest absolute Gasteiger partial charge is 0.0516 e. The molecule has 0 aliphatic carbocycles. The third kappa shape index (κ3) is 1.39. The van der Waals surface area contributed by atoms with Crippen molar-refractivity contribution in [3.05, 3.63) is 45.4 Å². The molecule has 2 aromatic rings. The van der Waals surface area contributed by atoms with Gasteiger partial charge in [-0.15, -0.1) is 0 Å². The van der Waals surface area contributed by atoms with E-state index in [2.05, 4.69) is 6.07 Å². The molecule has 0 saturated heterocycles. The minimum atomic E-state index is 0.757. The zero-order valence-electron chi connectivity index (χ0n) is 8.07. The first-order valence-electron chi connectivity index (χ1n) is 4.45. The molecule has 0 heterocycles. The van der Waals surface area contributed by atoms with Crippen LogP contribution in [0.15, 0.2) is 24.3 Å². The maximum absolute atomic E-state index is 6.24. The number of hydrogen-bond donors (Lipinski definition) is 0. The van der Waals surface area contributed by atoms with Crippen LogP contribution in [0.2, 0.25) is 10.0 Å². The van der Waals surface area contributed by atoms with Crippen LogP contribution in [-0.4, -0.2) is 0 Å². The molecule has 0 nitrogen and oxygen atoms in total. The van der Waals surface area contributed by atoms with Crippen molar-refractivity contribution in [1.29, 1.82) is 0 Å². The third-order valence-electron chi connectivity index (χ3n) is 2.57. The van der Waals surface area contributed by atoms with Crippen LogP contribution in [0.1, 0.15) is 11.1 Å². The van der Waals surface area contributed by atoms with Gasteiger partial charge in [0.1, 0.15) is 0 Å². The van der Waals surface area contributed by atoms with Crippen LogP contribution in [0.4, 0.5) is 0 Å². The van der Waals surface area contributed by atoms with E-state index in [1.54, 1.807) is 0 Å². The summed E-state index contributed by atoms with van der Waals surface area (Å²) in [7, 11) is 0. The largest absolute Gasteiger partial charge is 0.0837 e. The molecule has 14 heavy (non-hydrogen) atoms. The summed E-state index contributed by atoms with van der Waals surface area (Å²) in [5.74, 6) is 0. The fourth-order valence-corrected chi connectivity index (χ4v) is 2.12. The van der Waals surface area contributed by atoms with E-state index in [-0.39, 0.29) is 0 Å². The second kappa shape index (κ2) is 3.45. The van der Waals surface area contributed by atoms with Crippen molar-refractivity contribution < 1.29 is 0 Å². The Balaban J connectivity index is 2.98. The van der Waals surface area contributed by atoms with Crippen LogP contribution in [0.25, 0.3) is 10.8 Å². The zero-order chi connectivity index (χ0) is 10.3. The van der Waals surface area contributed by atoms with Gasteiger partial charge >= 0.3 is 0 Å². The van der Waals surface area contributed by atoms with Crippen LogP contribution < -0.4 is 0 Å². The molecule has 0 aromatic heterocycles. The predicted octanol–water partition coefficient (Wildman–Crippen LogP) is 4.76. The molecule has 0 aliphatic heterocycles. The normalized spacial score (nSPS) is 10.9. The summed E-state index contributed by atoms with van der Waals surface area (Å²) < 4.78 is 0. The van der Waals surface area contributed by atoms with Crippen molar-refractivity contribution in [2.75, 3.05) is 0 Å². The Labute approximate surface area is 93.4 Å². The zero-order valence-corrected chi connectivity index (χ0v) is 9.58. The van der Waals surface area contributed by atoms with Gasteiger partial charge in [0.15, 0.2) is 0 Å². The highest BCUT2D eigenvalue weighted by molar-refractivity contribution is 6.40. The average Bonchev–Trinajstić information content (AvgIpc) is 2.17. The third-order valence-corrected chi connectivity index (χ3v) is 3.39. The van der Waals surface area contributed by atoms with Gasteiger partial charge in [-0.2, -0.15) is 0 Å². The lowest BCUT2D eigenvalue weighted by Crippen LogP contribution is -1.85. The second-order valence-electron chi connectivity index (χ2n) is 3.47. The summed E-state index contributed by atoms with van der Waals surface area (Å²) in [6.45, 7) is 4.07. The van der Waals surface area contributed by atoms with Gasteiger partial charge in [-0.1, -0.05) is 35.3 Å². The van der Waals surface area contributed by atoms with Gasteiger partial charge in [0.2, 0.25) is 0 Å². The molecule has 0 amide bonds.